The third-order valence-electron chi connectivity index (χ3n) is 5.59. The van der Waals surface area contributed by atoms with Crippen molar-refractivity contribution in [2.24, 2.45) is 0 Å². The SMILES string of the molecule is CCC(=O)N(C)[C@]1(Cc2ccc(F)c(NC(=O)Nc3ccc(C)nc3)c2)CCNC1. The van der Waals surface area contributed by atoms with Crippen LogP contribution in [0.4, 0.5) is 20.6 Å². The van der Waals surface area contributed by atoms with Crippen molar-refractivity contribution in [1.29, 1.82) is 0 Å². The third-order valence-corrected chi connectivity index (χ3v) is 5.59. The Labute approximate surface area is 176 Å². The Hall–Kier alpha value is -3.00. The quantitative estimate of drug-likeness (QED) is 0.678. The largest absolute Gasteiger partial charge is 0.338 e. The van der Waals surface area contributed by atoms with E-state index in [4.69, 9.17) is 0 Å². The van der Waals surface area contributed by atoms with Crippen LogP contribution in [0.15, 0.2) is 36.5 Å². The number of anilines is 2. The van der Waals surface area contributed by atoms with Crippen LogP contribution in [0.2, 0.25) is 0 Å². The van der Waals surface area contributed by atoms with Gasteiger partial charge in [-0.1, -0.05) is 13.0 Å². The molecule has 2 aromatic rings. The van der Waals surface area contributed by atoms with Crippen LogP contribution in [-0.4, -0.2) is 47.5 Å². The minimum absolute atomic E-state index is 0.0743. The number of benzene rings is 1. The molecule has 3 amide bonds. The second kappa shape index (κ2) is 9.21. The second-order valence-electron chi connectivity index (χ2n) is 7.72. The highest BCUT2D eigenvalue weighted by atomic mass is 19.1. The fourth-order valence-corrected chi connectivity index (χ4v) is 3.77. The number of aromatic nitrogens is 1. The van der Waals surface area contributed by atoms with Crippen LogP contribution in [-0.2, 0) is 11.2 Å². The first kappa shape index (κ1) is 21.7. The van der Waals surface area contributed by atoms with E-state index in [9.17, 15) is 14.0 Å². The number of halogens is 1. The van der Waals surface area contributed by atoms with E-state index in [-0.39, 0.29) is 17.1 Å². The number of aryl methyl sites for hydroxylation is 1. The van der Waals surface area contributed by atoms with Crippen LogP contribution in [0.5, 0.6) is 0 Å². The molecule has 3 rings (SSSR count). The van der Waals surface area contributed by atoms with Crippen molar-refractivity contribution < 1.29 is 14.0 Å². The van der Waals surface area contributed by atoms with E-state index in [2.05, 4.69) is 20.9 Å². The van der Waals surface area contributed by atoms with Crippen molar-refractivity contribution in [2.75, 3.05) is 30.8 Å². The first-order valence-electron chi connectivity index (χ1n) is 10.1. The van der Waals surface area contributed by atoms with Gasteiger partial charge in [-0.3, -0.25) is 9.78 Å². The molecule has 0 unspecified atom stereocenters. The zero-order valence-electron chi connectivity index (χ0n) is 17.6. The Balaban J connectivity index is 1.74. The summed E-state index contributed by atoms with van der Waals surface area (Å²) in [4.78, 5) is 30.5. The summed E-state index contributed by atoms with van der Waals surface area (Å²) >= 11 is 0. The van der Waals surface area contributed by atoms with E-state index in [1.54, 1.807) is 35.4 Å². The lowest BCUT2D eigenvalue weighted by molar-refractivity contribution is -0.134. The van der Waals surface area contributed by atoms with Gasteiger partial charge in [0.15, 0.2) is 0 Å². The highest BCUT2D eigenvalue weighted by Crippen LogP contribution is 2.29. The Morgan fingerprint density at radius 3 is 2.70 bits per heavy atom. The average molecular weight is 413 g/mol. The Kier molecular flexibility index (Phi) is 6.66. The topological polar surface area (TPSA) is 86.4 Å². The standard InChI is InChI=1S/C22H28FN5O2/c1-4-20(29)28(3)22(9-10-24-14-22)12-16-6-8-18(23)19(11-16)27-21(30)26-17-7-5-15(2)25-13-17/h5-8,11,13,24H,4,9-10,12,14H2,1-3H3,(H2,26,27,30)/t22-/m0/s1. The molecular formula is C22H28FN5O2. The van der Waals surface area contributed by atoms with Crippen LogP contribution >= 0.6 is 0 Å². The maximum absolute atomic E-state index is 14.3. The van der Waals surface area contributed by atoms with Crippen molar-refractivity contribution in [1.82, 2.24) is 15.2 Å². The molecule has 0 radical (unpaired) electrons. The normalized spacial score (nSPS) is 18.1. The maximum atomic E-state index is 14.3. The van der Waals surface area contributed by atoms with Crippen LogP contribution in [0, 0.1) is 12.7 Å². The molecule has 0 aliphatic carbocycles. The number of carbonyl (C=O) groups excluding carboxylic acids is 2. The zero-order valence-corrected chi connectivity index (χ0v) is 17.6. The molecule has 1 atom stereocenters. The fraction of sp³-hybridized carbons (Fsp3) is 0.409. The number of nitrogens with zero attached hydrogens (tertiary/aromatic N) is 2. The molecule has 1 aliphatic rings. The van der Waals surface area contributed by atoms with Gasteiger partial charge in [0.2, 0.25) is 5.91 Å². The van der Waals surface area contributed by atoms with Gasteiger partial charge in [-0.2, -0.15) is 0 Å². The summed E-state index contributed by atoms with van der Waals surface area (Å²) in [6.07, 6.45) is 3.36. The zero-order chi connectivity index (χ0) is 21.7. The molecule has 0 bridgehead atoms. The molecule has 7 nitrogen and oxygen atoms in total. The number of hydrogen-bond acceptors (Lipinski definition) is 4. The Morgan fingerprint density at radius 2 is 2.07 bits per heavy atom. The summed E-state index contributed by atoms with van der Waals surface area (Å²) in [5, 5.41) is 8.54. The predicted octanol–water partition coefficient (Wildman–Crippen LogP) is 3.32. The molecule has 1 aromatic carbocycles. The summed E-state index contributed by atoms with van der Waals surface area (Å²) in [6, 6.07) is 7.63. The molecule has 0 saturated carbocycles. The molecule has 160 valence electrons. The summed E-state index contributed by atoms with van der Waals surface area (Å²) in [7, 11) is 1.82. The third kappa shape index (κ3) is 4.94. The van der Waals surface area contributed by atoms with Crippen molar-refractivity contribution in [3.63, 3.8) is 0 Å². The van der Waals surface area contributed by atoms with Gasteiger partial charge in [-0.05, 0) is 56.1 Å². The van der Waals surface area contributed by atoms with Crippen LogP contribution in [0.25, 0.3) is 0 Å². The summed E-state index contributed by atoms with van der Waals surface area (Å²) in [5.41, 5.74) is 1.93. The smallest absolute Gasteiger partial charge is 0.323 e. The number of carbonyl (C=O) groups is 2. The molecule has 30 heavy (non-hydrogen) atoms. The van der Waals surface area contributed by atoms with Crippen LogP contribution in [0.3, 0.4) is 0 Å². The number of amides is 3. The number of pyridine rings is 1. The number of urea groups is 1. The molecule has 0 spiro atoms. The molecule has 3 N–H and O–H groups in total. The number of nitrogens with one attached hydrogen (secondary N) is 3. The van der Waals surface area contributed by atoms with E-state index in [1.165, 1.54) is 6.07 Å². The van der Waals surface area contributed by atoms with E-state index in [0.717, 1.165) is 24.2 Å². The maximum Gasteiger partial charge on any atom is 0.323 e. The van der Waals surface area contributed by atoms with E-state index in [0.29, 0.717) is 25.1 Å². The molecule has 1 fully saturated rings. The first-order valence-corrected chi connectivity index (χ1v) is 10.1. The molecular weight excluding hydrogens is 385 g/mol. The van der Waals surface area contributed by atoms with E-state index in [1.807, 2.05) is 20.9 Å². The van der Waals surface area contributed by atoms with Crippen molar-refractivity contribution in [2.45, 2.75) is 38.6 Å². The van der Waals surface area contributed by atoms with Gasteiger partial charge in [0.1, 0.15) is 5.82 Å². The lowest BCUT2D eigenvalue weighted by Gasteiger charge is -2.38. The van der Waals surface area contributed by atoms with Crippen LogP contribution < -0.4 is 16.0 Å². The molecule has 2 heterocycles. The molecule has 1 aliphatic heterocycles. The van der Waals surface area contributed by atoms with E-state index < -0.39 is 11.8 Å². The van der Waals surface area contributed by atoms with Gasteiger partial charge >= 0.3 is 6.03 Å². The summed E-state index contributed by atoms with van der Waals surface area (Å²) in [6.45, 7) is 5.19. The Bertz CT molecular complexity index is 910. The summed E-state index contributed by atoms with van der Waals surface area (Å²) in [5.74, 6) is -0.447. The first-order chi connectivity index (χ1) is 14.3. The van der Waals surface area contributed by atoms with Gasteiger partial charge in [0.05, 0.1) is 23.1 Å². The highest BCUT2D eigenvalue weighted by Gasteiger charge is 2.39. The Morgan fingerprint density at radius 1 is 1.27 bits per heavy atom. The predicted molar refractivity (Wildman–Crippen MR) is 115 cm³/mol. The van der Waals surface area contributed by atoms with Crippen LogP contribution in [0.1, 0.15) is 31.0 Å². The fourth-order valence-electron chi connectivity index (χ4n) is 3.77. The van der Waals surface area contributed by atoms with E-state index >= 15 is 0 Å². The lowest BCUT2D eigenvalue weighted by Crippen LogP contribution is -2.52. The van der Waals surface area contributed by atoms with Gasteiger partial charge in [-0.25, -0.2) is 9.18 Å². The minimum Gasteiger partial charge on any atom is -0.338 e. The van der Waals surface area contributed by atoms with Gasteiger partial charge in [0.25, 0.3) is 0 Å². The minimum atomic E-state index is -0.549. The number of hydrogen-bond donors (Lipinski definition) is 3. The van der Waals surface area contributed by atoms with Crippen molar-refractivity contribution in [3.8, 4) is 0 Å². The van der Waals surface area contributed by atoms with Gasteiger partial charge < -0.3 is 20.9 Å². The number of likely N-dealkylation sites (N-methyl/N-ethyl adjacent to an activating group) is 1. The van der Waals surface area contributed by atoms with Gasteiger partial charge in [-0.15, -0.1) is 0 Å². The molecule has 8 heteroatoms. The average Bonchev–Trinajstić information content (AvgIpc) is 3.20. The summed E-state index contributed by atoms with van der Waals surface area (Å²) < 4.78 is 14.3. The molecule has 1 saturated heterocycles. The van der Waals surface area contributed by atoms with Gasteiger partial charge in [0, 0.05) is 25.7 Å². The monoisotopic (exact) mass is 413 g/mol. The highest BCUT2D eigenvalue weighted by molar-refractivity contribution is 5.99. The number of rotatable bonds is 6. The van der Waals surface area contributed by atoms with Crippen molar-refractivity contribution >= 4 is 23.3 Å². The lowest BCUT2D eigenvalue weighted by atomic mass is 9.87. The second-order valence-corrected chi connectivity index (χ2v) is 7.72. The van der Waals surface area contributed by atoms with Crippen molar-refractivity contribution in [3.05, 3.63) is 53.6 Å². The molecule has 1 aromatic heterocycles.